The summed E-state index contributed by atoms with van der Waals surface area (Å²) in [5, 5.41) is 0. The van der Waals surface area contributed by atoms with E-state index >= 15 is 0 Å². The van der Waals surface area contributed by atoms with E-state index in [1.807, 2.05) is 29.5 Å². The largest absolute Gasteiger partial charge is 0.490 e. The minimum absolute atomic E-state index is 0.000936. The Hall–Kier alpha value is -2.60. The van der Waals surface area contributed by atoms with E-state index in [1.165, 1.54) is 30.3 Å². The number of rotatable bonds is 8. The zero-order chi connectivity index (χ0) is 23.2. The molecule has 0 fully saturated rings. The van der Waals surface area contributed by atoms with Crippen LogP contribution in [0.3, 0.4) is 0 Å². The third-order valence-electron chi connectivity index (χ3n) is 3.96. The zero-order valence-electron chi connectivity index (χ0n) is 17.3. The second kappa shape index (κ2) is 10.6. The fourth-order valence-corrected chi connectivity index (χ4v) is 4.31. The van der Waals surface area contributed by atoms with Gasteiger partial charge in [0.1, 0.15) is 10.5 Å². The highest BCUT2D eigenvalue weighted by Crippen LogP contribution is 2.37. The summed E-state index contributed by atoms with van der Waals surface area (Å²) in [6, 6.07) is 9.23. The molecule has 2 rings (SSSR count). The lowest BCUT2D eigenvalue weighted by atomic mass is 10.1. The first-order chi connectivity index (χ1) is 14.6. The van der Waals surface area contributed by atoms with Crippen LogP contribution in [0.1, 0.15) is 18.1 Å². The molecule has 10 heteroatoms. The van der Waals surface area contributed by atoms with Gasteiger partial charge in [-0.05, 0) is 72.3 Å². The first kappa shape index (κ1) is 24.7. The molecule has 0 unspecified atom stereocenters. The predicted octanol–water partition coefficient (Wildman–Crippen LogP) is 3.50. The Morgan fingerprint density at radius 3 is 2.13 bits per heavy atom. The third-order valence-corrected chi connectivity index (χ3v) is 5.99. The quantitative estimate of drug-likeness (QED) is 0.121. The average Bonchev–Trinajstić information content (AvgIpc) is 2.73. The van der Waals surface area contributed by atoms with E-state index in [1.54, 1.807) is 19.1 Å². The molecule has 2 aromatic rings. The van der Waals surface area contributed by atoms with Gasteiger partial charge in [0.05, 0.1) is 24.4 Å². The molecule has 0 aliphatic carbocycles. The number of methoxy groups -OCH3 is 2. The zero-order valence-corrected chi connectivity index (χ0v) is 20.3. The van der Waals surface area contributed by atoms with Gasteiger partial charge in [-0.15, -0.1) is 0 Å². The molecule has 0 saturated carbocycles. The summed E-state index contributed by atoms with van der Waals surface area (Å²) in [5.41, 5.74) is 0.967. The molecule has 8 nitrogen and oxygen atoms in total. The summed E-state index contributed by atoms with van der Waals surface area (Å²) >= 11 is 1.89. The highest BCUT2D eigenvalue weighted by molar-refractivity contribution is 14.1. The smallest absolute Gasteiger partial charge is 0.345 e. The molecule has 0 aliphatic heterocycles. The number of ether oxygens (including phenoxy) is 3. The molecule has 0 aromatic heterocycles. The monoisotopic (exact) mass is 560 g/mol. The maximum absolute atomic E-state index is 12.7. The van der Waals surface area contributed by atoms with Crippen molar-refractivity contribution in [2.45, 2.75) is 18.7 Å². The lowest BCUT2D eigenvalue weighted by Gasteiger charge is -2.15. The van der Waals surface area contributed by atoms with E-state index in [4.69, 9.17) is 8.92 Å². The second-order valence-corrected chi connectivity index (χ2v) is 8.86. The van der Waals surface area contributed by atoms with Crippen molar-refractivity contribution in [3.8, 4) is 11.5 Å². The van der Waals surface area contributed by atoms with Gasteiger partial charge >= 0.3 is 22.1 Å². The standard InChI is InChI=1S/C21H21IO8S/c1-5-29-18-12-14(10-16(20(23)27-3)21(24)28-4)11-17(22)19(18)30-31(25,26)15-8-6-13(2)7-9-15/h6-12H,5H2,1-4H3. The molecule has 0 amide bonds. The van der Waals surface area contributed by atoms with Gasteiger partial charge in [-0.1, -0.05) is 17.7 Å². The minimum atomic E-state index is -4.11. The Balaban J connectivity index is 2.53. The van der Waals surface area contributed by atoms with Crippen LogP contribution in [0.5, 0.6) is 11.5 Å². The van der Waals surface area contributed by atoms with Crippen molar-refractivity contribution in [3.05, 3.63) is 56.7 Å². The topological polar surface area (TPSA) is 105 Å². The molecule has 0 N–H and O–H groups in total. The lowest BCUT2D eigenvalue weighted by Crippen LogP contribution is -2.15. The SMILES string of the molecule is CCOc1cc(C=C(C(=O)OC)C(=O)OC)cc(I)c1OS(=O)(=O)c1ccc(C)cc1. The van der Waals surface area contributed by atoms with E-state index < -0.39 is 22.1 Å². The number of aryl methyl sites for hydroxylation is 1. The second-order valence-electron chi connectivity index (χ2n) is 6.15. The van der Waals surface area contributed by atoms with Crippen LogP contribution in [0, 0.1) is 10.5 Å². The number of carbonyl (C=O) groups excluding carboxylic acids is 2. The summed E-state index contributed by atoms with van der Waals surface area (Å²) in [5.74, 6) is -1.62. The van der Waals surface area contributed by atoms with Crippen LogP contribution in [0.4, 0.5) is 0 Å². The van der Waals surface area contributed by atoms with Crippen molar-refractivity contribution in [2.75, 3.05) is 20.8 Å². The summed E-state index contributed by atoms with van der Waals surface area (Å²) in [6.07, 6.45) is 1.26. The molecular formula is C21H21IO8S. The molecule has 0 atom stereocenters. The third kappa shape index (κ3) is 6.20. The summed E-state index contributed by atoms with van der Waals surface area (Å²) in [7, 11) is -1.83. The molecule has 31 heavy (non-hydrogen) atoms. The molecule has 0 heterocycles. The normalized spacial score (nSPS) is 10.7. The molecule has 0 radical (unpaired) electrons. The Morgan fingerprint density at radius 2 is 1.61 bits per heavy atom. The molecule has 0 spiro atoms. The van der Waals surface area contributed by atoms with Crippen molar-refractivity contribution in [1.82, 2.24) is 0 Å². The van der Waals surface area contributed by atoms with Crippen LogP contribution in [0.2, 0.25) is 0 Å². The molecule has 0 saturated heterocycles. The van der Waals surface area contributed by atoms with E-state index in [-0.39, 0.29) is 28.6 Å². The fourth-order valence-electron chi connectivity index (χ4n) is 2.47. The summed E-state index contributed by atoms with van der Waals surface area (Å²) < 4.78 is 46.0. The van der Waals surface area contributed by atoms with Gasteiger partial charge in [0.25, 0.3) is 0 Å². The van der Waals surface area contributed by atoms with Crippen molar-refractivity contribution in [2.24, 2.45) is 0 Å². The van der Waals surface area contributed by atoms with E-state index in [0.29, 0.717) is 9.13 Å². The highest BCUT2D eigenvalue weighted by atomic mass is 127. The Morgan fingerprint density at radius 1 is 1.03 bits per heavy atom. The van der Waals surface area contributed by atoms with Gasteiger partial charge in [-0.2, -0.15) is 8.42 Å². The van der Waals surface area contributed by atoms with Gasteiger partial charge in [0.15, 0.2) is 11.5 Å². The first-order valence-corrected chi connectivity index (χ1v) is 11.5. The predicted molar refractivity (Wildman–Crippen MR) is 121 cm³/mol. The van der Waals surface area contributed by atoms with E-state index in [9.17, 15) is 18.0 Å². The van der Waals surface area contributed by atoms with Gasteiger partial charge in [-0.25, -0.2) is 9.59 Å². The molecule has 2 aromatic carbocycles. The van der Waals surface area contributed by atoms with Crippen LogP contribution in [-0.4, -0.2) is 41.2 Å². The molecule has 0 aliphatic rings. The number of hydrogen-bond acceptors (Lipinski definition) is 8. The van der Waals surface area contributed by atoms with Crippen molar-refractivity contribution in [3.63, 3.8) is 0 Å². The minimum Gasteiger partial charge on any atom is -0.490 e. The van der Waals surface area contributed by atoms with Crippen LogP contribution < -0.4 is 8.92 Å². The van der Waals surface area contributed by atoms with Crippen molar-refractivity contribution in [1.29, 1.82) is 0 Å². The van der Waals surface area contributed by atoms with Gasteiger partial charge in [-0.3, -0.25) is 0 Å². The summed E-state index contributed by atoms with van der Waals surface area (Å²) in [4.78, 5) is 23.8. The van der Waals surface area contributed by atoms with Crippen LogP contribution in [0.15, 0.2) is 46.9 Å². The highest BCUT2D eigenvalue weighted by Gasteiger charge is 2.24. The molecular weight excluding hydrogens is 539 g/mol. The van der Waals surface area contributed by atoms with Crippen molar-refractivity contribution < 1.29 is 36.4 Å². The van der Waals surface area contributed by atoms with Crippen molar-refractivity contribution >= 4 is 50.7 Å². The number of hydrogen-bond donors (Lipinski definition) is 0. The number of esters is 2. The Labute approximate surface area is 194 Å². The first-order valence-electron chi connectivity index (χ1n) is 8.98. The lowest BCUT2D eigenvalue weighted by molar-refractivity contribution is -0.143. The summed E-state index contributed by atoms with van der Waals surface area (Å²) in [6.45, 7) is 3.80. The van der Waals surface area contributed by atoms with Crippen LogP contribution in [-0.2, 0) is 29.2 Å². The van der Waals surface area contributed by atoms with Gasteiger partial charge in [0.2, 0.25) is 0 Å². The number of carbonyl (C=O) groups is 2. The molecule has 0 bridgehead atoms. The van der Waals surface area contributed by atoms with E-state index in [2.05, 4.69) is 9.47 Å². The number of halogens is 1. The average molecular weight is 560 g/mol. The van der Waals surface area contributed by atoms with Crippen LogP contribution in [0.25, 0.3) is 6.08 Å². The fraction of sp³-hybridized carbons (Fsp3) is 0.238. The Kier molecular flexibility index (Phi) is 8.45. The van der Waals surface area contributed by atoms with Gasteiger partial charge < -0.3 is 18.4 Å². The maximum atomic E-state index is 12.7. The Bertz CT molecular complexity index is 1090. The van der Waals surface area contributed by atoms with E-state index in [0.717, 1.165) is 19.8 Å². The number of benzene rings is 2. The maximum Gasteiger partial charge on any atom is 0.345 e. The van der Waals surface area contributed by atoms with Crippen LogP contribution >= 0.6 is 22.6 Å². The molecule has 166 valence electrons. The van der Waals surface area contributed by atoms with Gasteiger partial charge in [0, 0.05) is 0 Å².